The zero-order valence-corrected chi connectivity index (χ0v) is 9.77. The highest BCUT2D eigenvalue weighted by Crippen LogP contribution is 2.20. The highest BCUT2D eigenvalue weighted by atomic mass is 16.4. The number of urea groups is 1. The molecule has 7 nitrogen and oxygen atoms in total. The van der Waals surface area contributed by atoms with Gasteiger partial charge in [0.05, 0.1) is 6.54 Å². The molecule has 0 aliphatic carbocycles. The number of nitrogens with zero attached hydrogens (tertiary/aromatic N) is 2. The Labute approximate surface area is 103 Å². The number of nitrogens with one attached hydrogen (secondary N) is 2. The van der Waals surface area contributed by atoms with E-state index in [1.807, 2.05) is 0 Å². The molecule has 2 heterocycles. The number of H-pyrrole nitrogens is 1. The van der Waals surface area contributed by atoms with Gasteiger partial charge in [-0.3, -0.25) is 5.10 Å². The van der Waals surface area contributed by atoms with Gasteiger partial charge in [-0.1, -0.05) is 6.08 Å². The average molecular weight is 250 g/mol. The minimum absolute atomic E-state index is 0.00813. The summed E-state index contributed by atoms with van der Waals surface area (Å²) in [6, 6.07) is -0.224. The largest absolute Gasteiger partial charge is 0.476 e. The highest BCUT2D eigenvalue weighted by molar-refractivity contribution is 5.87. The van der Waals surface area contributed by atoms with Gasteiger partial charge in [-0.25, -0.2) is 9.59 Å². The summed E-state index contributed by atoms with van der Waals surface area (Å²) in [7, 11) is 0. The number of hydrogen-bond acceptors (Lipinski definition) is 3. The molecule has 0 bridgehead atoms. The lowest BCUT2D eigenvalue weighted by Crippen LogP contribution is -2.42. The lowest BCUT2D eigenvalue weighted by Gasteiger charge is -2.26. The predicted molar refractivity (Wildman–Crippen MR) is 63.3 cm³/mol. The number of amides is 2. The van der Waals surface area contributed by atoms with Gasteiger partial charge >= 0.3 is 12.0 Å². The van der Waals surface area contributed by atoms with Crippen molar-refractivity contribution in [1.29, 1.82) is 0 Å². The molecule has 0 radical (unpaired) electrons. The summed E-state index contributed by atoms with van der Waals surface area (Å²) < 4.78 is 0. The van der Waals surface area contributed by atoms with Gasteiger partial charge in [-0.05, 0) is 0 Å². The fourth-order valence-electron chi connectivity index (χ4n) is 1.92. The van der Waals surface area contributed by atoms with Crippen LogP contribution in [0.2, 0.25) is 0 Å². The number of aromatic amines is 1. The second kappa shape index (κ2) is 4.91. The van der Waals surface area contributed by atoms with E-state index in [1.165, 1.54) is 0 Å². The van der Waals surface area contributed by atoms with Crippen molar-refractivity contribution in [2.75, 3.05) is 13.1 Å². The summed E-state index contributed by atoms with van der Waals surface area (Å²) in [5, 5.41) is 18.1. The molecule has 0 aromatic carbocycles. The first kappa shape index (κ1) is 12.2. The molecule has 0 saturated carbocycles. The highest BCUT2D eigenvalue weighted by Gasteiger charge is 2.27. The number of aromatic nitrogens is 2. The Morgan fingerprint density at radius 2 is 2.39 bits per heavy atom. The second-order valence-corrected chi connectivity index (χ2v) is 3.98. The van der Waals surface area contributed by atoms with Gasteiger partial charge in [0.15, 0.2) is 5.69 Å². The van der Waals surface area contributed by atoms with Crippen molar-refractivity contribution in [2.24, 2.45) is 0 Å². The molecule has 2 rings (SSSR count). The first-order valence-electron chi connectivity index (χ1n) is 5.56. The third-order valence-corrected chi connectivity index (χ3v) is 2.82. The number of carboxylic acid groups (broad SMARTS) is 1. The molecule has 0 spiro atoms. The molecule has 1 aliphatic heterocycles. The zero-order valence-electron chi connectivity index (χ0n) is 9.77. The van der Waals surface area contributed by atoms with Crippen LogP contribution in [-0.2, 0) is 13.0 Å². The summed E-state index contributed by atoms with van der Waals surface area (Å²) in [5.74, 6) is -1.08. The Balaban J connectivity index is 2.13. The Morgan fingerprint density at radius 1 is 1.61 bits per heavy atom. The number of aromatic carboxylic acids is 1. The van der Waals surface area contributed by atoms with Crippen LogP contribution in [0.1, 0.15) is 21.7 Å². The number of carboxylic acids is 1. The Bertz CT molecular complexity index is 494. The molecule has 18 heavy (non-hydrogen) atoms. The predicted octanol–water partition coefficient (Wildman–Crippen LogP) is 0.362. The van der Waals surface area contributed by atoms with E-state index in [1.54, 1.807) is 11.0 Å². The Hall–Kier alpha value is -2.31. The van der Waals surface area contributed by atoms with Gasteiger partial charge in [-0.15, -0.1) is 6.58 Å². The van der Waals surface area contributed by atoms with E-state index in [2.05, 4.69) is 22.1 Å². The summed E-state index contributed by atoms with van der Waals surface area (Å²) >= 11 is 0. The molecule has 1 aliphatic rings. The molecular formula is C11H14N4O3. The van der Waals surface area contributed by atoms with E-state index < -0.39 is 5.97 Å². The molecular weight excluding hydrogens is 236 g/mol. The van der Waals surface area contributed by atoms with Crippen LogP contribution in [0.3, 0.4) is 0 Å². The van der Waals surface area contributed by atoms with E-state index in [0.29, 0.717) is 25.1 Å². The van der Waals surface area contributed by atoms with Crippen molar-refractivity contribution in [2.45, 2.75) is 13.0 Å². The van der Waals surface area contributed by atoms with E-state index in [9.17, 15) is 9.59 Å². The van der Waals surface area contributed by atoms with Crippen molar-refractivity contribution < 1.29 is 14.7 Å². The smallest absolute Gasteiger partial charge is 0.356 e. The maximum absolute atomic E-state index is 11.8. The van der Waals surface area contributed by atoms with Crippen LogP contribution in [-0.4, -0.2) is 45.3 Å². The fourth-order valence-corrected chi connectivity index (χ4v) is 1.92. The van der Waals surface area contributed by atoms with E-state index in [4.69, 9.17) is 5.11 Å². The molecule has 96 valence electrons. The lowest BCUT2D eigenvalue weighted by atomic mass is 10.1. The van der Waals surface area contributed by atoms with E-state index >= 15 is 0 Å². The fraction of sp³-hybridized carbons (Fsp3) is 0.364. The van der Waals surface area contributed by atoms with Crippen molar-refractivity contribution >= 4 is 12.0 Å². The molecule has 2 amide bonds. The average Bonchev–Trinajstić information content (AvgIpc) is 2.78. The lowest BCUT2D eigenvalue weighted by molar-refractivity contribution is 0.0687. The normalized spacial score (nSPS) is 13.9. The third-order valence-electron chi connectivity index (χ3n) is 2.82. The first-order chi connectivity index (χ1) is 8.63. The van der Waals surface area contributed by atoms with Gasteiger partial charge in [-0.2, -0.15) is 5.10 Å². The number of carbonyl (C=O) groups is 2. The van der Waals surface area contributed by atoms with Crippen LogP contribution in [0.4, 0.5) is 4.79 Å². The molecule has 0 atom stereocenters. The molecule has 0 unspecified atom stereocenters. The Kier molecular flexibility index (Phi) is 3.31. The van der Waals surface area contributed by atoms with Crippen LogP contribution in [0.15, 0.2) is 12.7 Å². The summed E-state index contributed by atoms with van der Waals surface area (Å²) in [6.07, 6.45) is 2.17. The minimum Gasteiger partial charge on any atom is -0.476 e. The van der Waals surface area contributed by atoms with Crippen LogP contribution in [0.5, 0.6) is 0 Å². The molecule has 3 N–H and O–H groups in total. The van der Waals surface area contributed by atoms with Gasteiger partial charge < -0.3 is 15.3 Å². The monoisotopic (exact) mass is 250 g/mol. The van der Waals surface area contributed by atoms with E-state index in [-0.39, 0.29) is 18.3 Å². The maximum atomic E-state index is 11.8. The first-order valence-corrected chi connectivity index (χ1v) is 5.56. The Morgan fingerprint density at radius 3 is 3.06 bits per heavy atom. The number of fused-ring (bicyclic) bond motifs is 1. The van der Waals surface area contributed by atoms with Gasteiger partial charge in [0.25, 0.3) is 0 Å². The van der Waals surface area contributed by atoms with Crippen molar-refractivity contribution in [1.82, 2.24) is 20.4 Å². The van der Waals surface area contributed by atoms with Gasteiger partial charge in [0.2, 0.25) is 0 Å². The van der Waals surface area contributed by atoms with Crippen molar-refractivity contribution in [3.05, 3.63) is 29.6 Å². The summed E-state index contributed by atoms with van der Waals surface area (Å²) in [5.41, 5.74) is 1.37. The van der Waals surface area contributed by atoms with Crippen LogP contribution >= 0.6 is 0 Å². The van der Waals surface area contributed by atoms with E-state index in [0.717, 1.165) is 5.69 Å². The molecule has 1 aromatic rings. The van der Waals surface area contributed by atoms with Crippen LogP contribution < -0.4 is 5.32 Å². The minimum atomic E-state index is -1.08. The second-order valence-electron chi connectivity index (χ2n) is 3.98. The molecule has 1 aromatic heterocycles. The van der Waals surface area contributed by atoms with Crippen molar-refractivity contribution in [3.8, 4) is 0 Å². The van der Waals surface area contributed by atoms with Gasteiger partial charge in [0, 0.05) is 30.8 Å². The SMILES string of the molecule is C=CCNC(=O)N1CCc2[nH]nc(C(=O)O)c2C1. The number of carbonyl (C=O) groups excluding carboxylic acids is 1. The summed E-state index contributed by atoms with van der Waals surface area (Å²) in [4.78, 5) is 24.3. The summed E-state index contributed by atoms with van der Waals surface area (Å²) in [6.45, 7) is 4.70. The topological polar surface area (TPSA) is 98.3 Å². The standard InChI is InChI=1S/C11H14N4O3/c1-2-4-12-11(18)15-5-3-8-7(6-15)9(10(16)17)14-13-8/h2H,1,3-6H2,(H,12,18)(H,13,14)(H,16,17). The van der Waals surface area contributed by atoms with Crippen molar-refractivity contribution in [3.63, 3.8) is 0 Å². The number of rotatable bonds is 3. The maximum Gasteiger partial charge on any atom is 0.356 e. The van der Waals surface area contributed by atoms with Crippen LogP contribution in [0, 0.1) is 0 Å². The molecule has 0 saturated heterocycles. The quantitative estimate of drug-likeness (QED) is 0.674. The molecule has 0 fully saturated rings. The third kappa shape index (κ3) is 2.20. The number of hydrogen-bond donors (Lipinski definition) is 3. The molecule has 7 heteroatoms. The van der Waals surface area contributed by atoms with Gasteiger partial charge in [0.1, 0.15) is 0 Å². The van der Waals surface area contributed by atoms with Crippen LogP contribution in [0.25, 0.3) is 0 Å². The zero-order chi connectivity index (χ0) is 13.1.